The fraction of sp³-hybridized carbons (Fsp3) is 0.610. The summed E-state index contributed by atoms with van der Waals surface area (Å²) in [6.45, 7) is 13.1. The molecule has 1 aliphatic heterocycles. The molecule has 4 N–H and O–H groups in total. The van der Waals surface area contributed by atoms with E-state index in [-0.39, 0.29) is 54.3 Å². The van der Waals surface area contributed by atoms with Crippen LogP contribution >= 0.6 is 31.9 Å². The number of hydrogen-bond donors (Lipinski definition) is 4. The Morgan fingerprint density at radius 3 is 1.39 bits per heavy atom. The van der Waals surface area contributed by atoms with Gasteiger partial charge in [-0.15, -0.1) is 0 Å². The van der Waals surface area contributed by atoms with Crippen molar-refractivity contribution in [2.24, 2.45) is 0 Å². The van der Waals surface area contributed by atoms with Gasteiger partial charge in [-0.1, -0.05) is 22.3 Å². The minimum atomic E-state index is -3.55. The fourth-order valence-electron chi connectivity index (χ4n) is 6.95. The number of halogens is 2. The predicted molar refractivity (Wildman–Crippen MR) is 242 cm³/mol. The first-order valence-corrected chi connectivity index (χ1v) is 21.9. The van der Waals surface area contributed by atoms with Gasteiger partial charge in [0.1, 0.15) is 11.6 Å². The monoisotopic (exact) mass is 972 g/mol. The molecule has 15 nitrogen and oxygen atoms in total. The van der Waals surface area contributed by atoms with Gasteiger partial charge in [-0.25, -0.2) is 18.3 Å². The number of ether oxygens (including phenoxy) is 1. The molecule has 4 aromatic heterocycles. The maximum atomic E-state index is 9.99. The molecule has 4 aromatic rings. The zero-order valence-electron chi connectivity index (χ0n) is 32.9. The highest BCUT2D eigenvalue weighted by Crippen LogP contribution is 2.31. The van der Waals surface area contributed by atoms with Gasteiger partial charge in [-0.05, 0) is 149 Å². The molecule has 0 radical (unpaired) electrons. The van der Waals surface area contributed by atoms with Crippen LogP contribution in [0.2, 0.25) is 0 Å². The Labute approximate surface area is 368 Å². The number of aliphatic hydroxyl groups is 2. The van der Waals surface area contributed by atoms with Crippen molar-refractivity contribution in [3.8, 4) is 11.9 Å². The van der Waals surface area contributed by atoms with Gasteiger partial charge < -0.3 is 25.6 Å². The zero-order valence-corrected chi connectivity index (χ0v) is 36.9. The maximum Gasteiger partial charge on any atom is 0.400 e. The van der Waals surface area contributed by atoms with Crippen LogP contribution in [0.25, 0.3) is 11.9 Å². The summed E-state index contributed by atoms with van der Waals surface area (Å²) in [6.07, 6.45) is 7.81. The number of aryl methyl sites for hydroxylation is 6. The Hall–Kier alpha value is -2.97. The Morgan fingerprint density at radius 1 is 0.678 bits per heavy atom. The minimum absolute atomic E-state index is 0. The molecular weight excluding hydrogens is 908 g/mol. The molecule has 5 heterocycles. The van der Waals surface area contributed by atoms with Gasteiger partial charge in [0.25, 0.3) is 0 Å². The van der Waals surface area contributed by atoms with Crippen molar-refractivity contribution < 1.29 is 31.7 Å². The van der Waals surface area contributed by atoms with E-state index in [2.05, 4.69) is 122 Å². The SMILES string of the molecule is C.C.C.Cc1nc(-n2c(C)ccc2C)nc(NC2CCC(O)CC2)c1Br.Cc1nc(-n2c(C)ccc2C)nc(NC2CCC(OCCO)CC2)c1Br.O=S1(=O)OCCO1. The molecule has 3 aliphatic rings. The molecule has 1 saturated heterocycles. The molecule has 59 heavy (non-hydrogen) atoms. The van der Waals surface area contributed by atoms with Gasteiger partial charge in [0.2, 0.25) is 11.9 Å². The van der Waals surface area contributed by atoms with E-state index in [0.29, 0.717) is 30.6 Å². The van der Waals surface area contributed by atoms with E-state index in [9.17, 15) is 13.5 Å². The average molecular weight is 975 g/mol. The van der Waals surface area contributed by atoms with E-state index in [0.717, 1.165) is 106 Å². The van der Waals surface area contributed by atoms with Crippen LogP contribution in [0, 0.1) is 41.5 Å². The lowest BCUT2D eigenvalue weighted by atomic mass is 9.93. The smallest absolute Gasteiger partial charge is 0.394 e. The van der Waals surface area contributed by atoms with Crippen LogP contribution < -0.4 is 10.6 Å². The molecule has 0 bridgehead atoms. The third-order valence-corrected chi connectivity index (χ3v) is 12.8. The van der Waals surface area contributed by atoms with Crippen LogP contribution in [0.1, 0.15) is 108 Å². The van der Waals surface area contributed by atoms with Crippen molar-refractivity contribution in [2.45, 2.75) is 139 Å². The Morgan fingerprint density at radius 2 is 1.05 bits per heavy atom. The van der Waals surface area contributed by atoms with Gasteiger partial charge in [0.15, 0.2) is 0 Å². The van der Waals surface area contributed by atoms with Gasteiger partial charge in [-0.2, -0.15) is 18.4 Å². The summed E-state index contributed by atoms with van der Waals surface area (Å²) in [6, 6.07) is 9.03. The summed E-state index contributed by atoms with van der Waals surface area (Å²) in [5.41, 5.74) is 6.33. The Bertz CT molecular complexity index is 1980. The number of rotatable bonds is 9. The highest BCUT2D eigenvalue weighted by atomic mass is 79.9. The minimum Gasteiger partial charge on any atom is -0.394 e. The summed E-state index contributed by atoms with van der Waals surface area (Å²) >= 11 is 7.25. The zero-order chi connectivity index (χ0) is 40.6. The first-order chi connectivity index (χ1) is 26.6. The van der Waals surface area contributed by atoms with E-state index < -0.39 is 10.4 Å². The summed E-state index contributed by atoms with van der Waals surface area (Å²) in [7, 11) is -3.55. The molecule has 2 saturated carbocycles. The second-order valence-corrected chi connectivity index (χ2v) is 17.2. The summed E-state index contributed by atoms with van der Waals surface area (Å²) in [4.78, 5) is 18.8. The predicted octanol–water partition coefficient (Wildman–Crippen LogP) is 8.54. The lowest BCUT2D eigenvalue weighted by Gasteiger charge is -2.29. The van der Waals surface area contributed by atoms with Crippen molar-refractivity contribution in [3.05, 3.63) is 67.4 Å². The maximum absolute atomic E-state index is 9.99. The Balaban J connectivity index is 0.000000336. The van der Waals surface area contributed by atoms with Gasteiger partial charge >= 0.3 is 10.4 Å². The molecule has 7 rings (SSSR count). The fourth-order valence-corrected chi connectivity index (χ4v) is 8.15. The molecule has 0 atom stereocenters. The van der Waals surface area contributed by atoms with Gasteiger partial charge in [0, 0.05) is 34.9 Å². The lowest BCUT2D eigenvalue weighted by Crippen LogP contribution is -2.31. The van der Waals surface area contributed by atoms with E-state index in [1.54, 1.807) is 0 Å². The molecule has 0 spiro atoms. The average Bonchev–Trinajstić information content (AvgIpc) is 3.85. The molecule has 2 aliphatic carbocycles. The van der Waals surface area contributed by atoms with E-state index in [1.165, 1.54) is 0 Å². The summed E-state index contributed by atoms with van der Waals surface area (Å²) in [5, 5.41) is 25.7. The number of nitrogens with one attached hydrogen (secondary N) is 2. The molecule has 332 valence electrons. The number of nitrogens with zero attached hydrogens (tertiary/aromatic N) is 6. The molecule has 0 amide bonds. The first kappa shape index (κ1) is 52.2. The van der Waals surface area contributed by atoms with Crippen LogP contribution in [0.15, 0.2) is 33.2 Å². The van der Waals surface area contributed by atoms with Crippen LogP contribution in [0.5, 0.6) is 0 Å². The van der Waals surface area contributed by atoms with Crippen LogP contribution in [-0.2, 0) is 23.5 Å². The third-order valence-electron chi connectivity index (χ3n) is 9.99. The first-order valence-electron chi connectivity index (χ1n) is 19.0. The molecule has 0 unspecified atom stereocenters. The number of hydrogen-bond acceptors (Lipinski definition) is 13. The second kappa shape index (κ2) is 23.9. The topological polar surface area (TPSA) is 188 Å². The Kier molecular flexibility index (Phi) is 21.1. The molecule has 0 aromatic carbocycles. The quantitative estimate of drug-likeness (QED) is 0.125. The molecule has 3 fully saturated rings. The number of aliphatic hydroxyl groups excluding tert-OH is 2. The normalized spacial score (nSPS) is 20.6. The van der Waals surface area contributed by atoms with Gasteiger partial charge in [0.05, 0.1) is 59.0 Å². The van der Waals surface area contributed by atoms with E-state index in [4.69, 9.17) is 19.8 Å². The molecular formula is C41H66Br2N8O7S. The van der Waals surface area contributed by atoms with Crippen LogP contribution in [0.3, 0.4) is 0 Å². The lowest BCUT2D eigenvalue weighted by molar-refractivity contribution is 0.00721. The van der Waals surface area contributed by atoms with Crippen molar-refractivity contribution in [1.29, 1.82) is 0 Å². The van der Waals surface area contributed by atoms with E-state index in [1.807, 2.05) is 13.8 Å². The van der Waals surface area contributed by atoms with Crippen molar-refractivity contribution >= 4 is 53.9 Å². The standard InChI is InChI=1S/C19H27BrN4O2.C17H23BrN4O.C2H4O4S.3CH4/c1-12-4-5-13(2)24(12)19-21-14(3)17(20)18(23-19)22-15-6-8-16(9-7-15)26-11-10-25;1-10-4-5-11(2)22(10)17-19-12(3)15(18)16(21-17)20-13-6-8-14(23)9-7-13;3-7(4)5-1-2-6-7;;;/h4-5,15-16,25H,6-11H2,1-3H3,(H,21,22,23);4-5,13-14,23H,6-9H2,1-3H3,(H,19,20,21);1-2H2;3*1H4. The van der Waals surface area contributed by atoms with Crippen molar-refractivity contribution in [1.82, 2.24) is 29.1 Å². The third kappa shape index (κ3) is 14.3. The summed E-state index contributed by atoms with van der Waals surface area (Å²) in [5.74, 6) is 3.08. The number of aromatic nitrogens is 6. The second-order valence-electron chi connectivity index (χ2n) is 14.4. The highest BCUT2D eigenvalue weighted by molar-refractivity contribution is 9.11. The van der Waals surface area contributed by atoms with Gasteiger partial charge in [-0.3, -0.25) is 9.13 Å². The summed E-state index contributed by atoms with van der Waals surface area (Å²) < 4.78 is 39.8. The number of anilines is 2. The largest absolute Gasteiger partial charge is 0.400 e. The molecule has 18 heteroatoms. The van der Waals surface area contributed by atoms with E-state index >= 15 is 0 Å². The highest BCUT2D eigenvalue weighted by Gasteiger charge is 2.24. The van der Waals surface area contributed by atoms with Crippen molar-refractivity contribution in [3.63, 3.8) is 0 Å². The van der Waals surface area contributed by atoms with Crippen LogP contribution in [-0.4, -0.2) is 98.4 Å². The van der Waals surface area contributed by atoms with Crippen molar-refractivity contribution in [2.75, 3.05) is 37.1 Å². The van der Waals surface area contributed by atoms with Crippen LogP contribution in [0.4, 0.5) is 11.6 Å².